The van der Waals surface area contributed by atoms with Gasteiger partial charge in [-0.3, -0.25) is 13.8 Å². The first-order chi connectivity index (χ1) is 35.0. The number of nitrogens with zero attached hydrogens (tertiary/aromatic N) is 1. The summed E-state index contributed by atoms with van der Waals surface area (Å²) in [6.45, 7) is 4.81. The van der Waals surface area contributed by atoms with Crippen molar-refractivity contribution in [1.29, 1.82) is 0 Å². The van der Waals surface area contributed by atoms with Gasteiger partial charge >= 0.3 is 7.82 Å². The molecule has 0 rings (SSSR count). The number of aliphatic hydroxyl groups is 1. The number of nitrogens with one attached hydrogen (secondary N) is 1. The maximum Gasteiger partial charge on any atom is 0.472 e. The zero-order chi connectivity index (χ0) is 52.7. The predicted molar refractivity (Wildman–Crippen MR) is 314 cm³/mol. The highest BCUT2D eigenvalue weighted by atomic mass is 31.2. The molecule has 0 aliphatic carbocycles. The summed E-state index contributed by atoms with van der Waals surface area (Å²) in [6, 6.07) is -0.870. The molecule has 0 aromatic carbocycles. The molecule has 3 N–H and O–H groups in total. The number of carbonyl (C=O) groups excluding carboxylic acids is 1. The third kappa shape index (κ3) is 56.2. The molecule has 9 heteroatoms. The van der Waals surface area contributed by atoms with Gasteiger partial charge in [0.05, 0.1) is 39.9 Å². The van der Waals surface area contributed by atoms with Gasteiger partial charge in [0.2, 0.25) is 5.91 Å². The van der Waals surface area contributed by atoms with Gasteiger partial charge in [-0.1, -0.05) is 268 Å². The van der Waals surface area contributed by atoms with Crippen LogP contribution in [0.2, 0.25) is 0 Å². The summed E-state index contributed by atoms with van der Waals surface area (Å²) >= 11 is 0. The number of quaternary nitrogens is 1. The fourth-order valence-corrected chi connectivity index (χ4v) is 9.87. The molecule has 3 atom stereocenters. The molecule has 1 amide bonds. The van der Waals surface area contributed by atoms with Crippen LogP contribution in [0.25, 0.3) is 0 Å². The molecule has 0 saturated carbocycles. The van der Waals surface area contributed by atoms with Crippen LogP contribution in [-0.4, -0.2) is 73.4 Å². The molecule has 0 aliphatic heterocycles. The van der Waals surface area contributed by atoms with E-state index in [1.165, 1.54) is 231 Å². The Labute approximate surface area is 448 Å². The van der Waals surface area contributed by atoms with E-state index in [-0.39, 0.29) is 19.1 Å². The minimum Gasteiger partial charge on any atom is -0.387 e. The molecular formula is C63H122N2O6P+. The highest BCUT2D eigenvalue weighted by Gasteiger charge is 2.27. The first-order valence-electron chi connectivity index (χ1n) is 31.0. The van der Waals surface area contributed by atoms with E-state index in [4.69, 9.17) is 9.05 Å². The van der Waals surface area contributed by atoms with Gasteiger partial charge < -0.3 is 19.8 Å². The van der Waals surface area contributed by atoms with Crippen molar-refractivity contribution in [3.63, 3.8) is 0 Å². The molecule has 0 aromatic heterocycles. The SMILES string of the molecule is CCCCCCCCCC/C=C\CCCCCCCCCCCCCCCCCCCCCC(=O)NC(COP(=O)(O)OCC[N+](C)(C)C)C(O)/C=C/CC/C=C/CC/C=C/CCCCCCCCCCC. The molecule has 0 heterocycles. The van der Waals surface area contributed by atoms with Gasteiger partial charge in [-0.05, 0) is 70.6 Å². The van der Waals surface area contributed by atoms with Crippen molar-refractivity contribution in [2.75, 3.05) is 40.9 Å². The molecule has 0 aliphatic rings. The van der Waals surface area contributed by atoms with Gasteiger partial charge in [-0.15, -0.1) is 0 Å². The summed E-state index contributed by atoms with van der Waals surface area (Å²) < 4.78 is 23.7. The van der Waals surface area contributed by atoms with E-state index in [0.717, 1.165) is 44.9 Å². The Balaban J connectivity index is 4.12. The van der Waals surface area contributed by atoms with Crippen molar-refractivity contribution in [2.24, 2.45) is 0 Å². The zero-order valence-electron chi connectivity index (χ0n) is 48.4. The summed E-state index contributed by atoms with van der Waals surface area (Å²) in [6.07, 6.45) is 72.4. The second kappa shape index (κ2) is 54.3. The topological polar surface area (TPSA) is 105 Å². The second-order valence-corrected chi connectivity index (χ2v) is 23.9. The van der Waals surface area contributed by atoms with Crippen molar-refractivity contribution < 1.29 is 32.9 Å². The Morgan fingerprint density at radius 1 is 0.458 bits per heavy atom. The third-order valence-electron chi connectivity index (χ3n) is 14.0. The minimum atomic E-state index is -4.36. The normalized spacial score (nSPS) is 14.2. The lowest BCUT2D eigenvalue weighted by atomic mass is 10.0. The molecule has 0 spiro atoms. The number of likely N-dealkylation sites (N-methyl/N-ethyl adjacent to an activating group) is 1. The molecule has 424 valence electrons. The molecule has 0 bridgehead atoms. The summed E-state index contributed by atoms with van der Waals surface area (Å²) in [7, 11) is 1.55. The number of phosphoric acid groups is 1. The summed E-state index contributed by atoms with van der Waals surface area (Å²) in [4.78, 5) is 23.3. The van der Waals surface area contributed by atoms with E-state index < -0.39 is 20.0 Å². The van der Waals surface area contributed by atoms with Crippen LogP contribution in [0, 0.1) is 0 Å². The summed E-state index contributed by atoms with van der Waals surface area (Å²) in [5.74, 6) is -0.187. The van der Waals surface area contributed by atoms with E-state index in [0.29, 0.717) is 17.4 Å². The van der Waals surface area contributed by atoms with Gasteiger partial charge in [0.25, 0.3) is 0 Å². The average molecular weight is 1030 g/mol. The van der Waals surface area contributed by atoms with E-state index in [2.05, 4.69) is 55.6 Å². The van der Waals surface area contributed by atoms with Crippen LogP contribution < -0.4 is 5.32 Å². The van der Waals surface area contributed by atoms with Gasteiger partial charge in [-0.25, -0.2) is 4.57 Å². The fraction of sp³-hybridized carbons (Fsp3) is 0.857. The second-order valence-electron chi connectivity index (χ2n) is 22.4. The Bertz CT molecular complexity index is 1310. The van der Waals surface area contributed by atoms with Crippen LogP contribution in [0.5, 0.6) is 0 Å². The van der Waals surface area contributed by atoms with Crippen LogP contribution in [0.4, 0.5) is 0 Å². The molecule has 8 nitrogen and oxygen atoms in total. The first-order valence-corrected chi connectivity index (χ1v) is 32.5. The number of phosphoric ester groups is 1. The lowest BCUT2D eigenvalue weighted by Gasteiger charge is -2.25. The zero-order valence-corrected chi connectivity index (χ0v) is 49.3. The van der Waals surface area contributed by atoms with E-state index in [1.807, 2.05) is 27.2 Å². The Kier molecular flexibility index (Phi) is 53.1. The number of aliphatic hydroxyl groups excluding tert-OH is 1. The number of hydrogen-bond donors (Lipinski definition) is 3. The molecule has 3 unspecified atom stereocenters. The van der Waals surface area contributed by atoms with Crippen LogP contribution in [0.1, 0.15) is 296 Å². The van der Waals surface area contributed by atoms with Gasteiger partial charge in [0.15, 0.2) is 0 Å². The summed E-state index contributed by atoms with van der Waals surface area (Å²) in [5, 5.41) is 13.9. The molecule has 72 heavy (non-hydrogen) atoms. The first kappa shape index (κ1) is 70.5. The minimum absolute atomic E-state index is 0.0541. The maximum absolute atomic E-state index is 13.0. The standard InChI is InChI=1S/C63H121N2O6P/c1-6-8-10-12-14-16-18-20-22-24-26-27-28-29-30-31-32-33-34-35-36-37-39-41-43-45-47-49-51-53-55-57-63(67)64-61(60-71-72(68,69)70-59-58-65(3,4)5)62(66)56-54-52-50-48-46-44-42-40-38-25-23-21-19-17-15-13-11-9-7-2/h24,26,38,40,46,48,54,56,61-62,66H,6-23,25,27-37,39,41-45,47,49-53,55,57-60H2,1-5H3,(H-,64,67,68,69)/p+1/b26-24-,40-38+,48-46+,56-54+. The predicted octanol–water partition coefficient (Wildman–Crippen LogP) is 19.1. The van der Waals surface area contributed by atoms with Gasteiger partial charge in [0, 0.05) is 6.42 Å². The van der Waals surface area contributed by atoms with Crippen LogP contribution >= 0.6 is 7.82 Å². The van der Waals surface area contributed by atoms with Crippen molar-refractivity contribution in [3.05, 3.63) is 48.6 Å². The Morgan fingerprint density at radius 3 is 1.11 bits per heavy atom. The lowest BCUT2D eigenvalue weighted by Crippen LogP contribution is -2.45. The number of carbonyl (C=O) groups is 1. The van der Waals surface area contributed by atoms with Gasteiger partial charge in [-0.2, -0.15) is 0 Å². The highest BCUT2D eigenvalue weighted by molar-refractivity contribution is 7.47. The van der Waals surface area contributed by atoms with E-state index >= 15 is 0 Å². The molecular weight excluding hydrogens is 912 g/mol. The smallest absolute Gasteiger partial charge is 0.387 e. The van der Waals surface area contributed by atoms with E-state index in [9.17, 15) is 19.4 Å². The Morgan fingerprint density at radius 2 is 0.764 bits per heavy atom. The molecule has 0 saturated heterocycles. The number of hydrogen-bond acceptors (Lipinski definition) is 5. The number of allylic oxidation sites excluding steroid dienone is 7. The molecule has 0 fully saturated rings. The van der Waals surface area contributed by atoms with Crippen molar-refractivity contribution in [3.8, 4) is 0 Å². The maximum atomic E-state index is 13.0. The molecule has 0 aromatic rings. The number of unbranched alkanes of at least 4 members (excludes halogenated alkanes) is 38. The van der Waals surface area contributed by atoms with Crippen molar-refractivity contribution >= 4 is 13.7 Å². The molecule has 0 radical (unpaired) electrons. The highest BCUT2D eigenvalue weighted by Crippen LogP contribution is 2.43. The van der Waals surface area contributed by atoms with Gasteiger partial charge in [0.1, 0.15) is 13.2 Å². The van der Waals surface area contributed by atoms with Crippen LogP contribution in [-0.2, 0) is 18.4 Å². The van der Waals surface area contributed by atoms with Crippen molar-refractivity contribution in [1.82, 2.24) is 5.32 Å². The average Bonchev–Trinajstić information content (AvgIpc) is 3.34. The fourth-order valence-electron chi connectivity index (χ4n) is 9.13. The lowest BCUT2D eigenvalue weighted by molar-refractivity contribution is -0.870. The third-order valence-corrected chi connectivity index (χ3v) is 15.0. The quantitative estimate of drug-likeness (QED) is 0.0243. The number of amides is 1. The number of rotatable bonds is 57. The largest absolute Gasteiger partial charge is 0.472 e. The Hall–Kier alpha value is -1.54. The van der Waals surface area contributed by atoms with Crippen molar-refractivity contribution in [2.45, 2.75) is 309 Å². The van der Waals surface area contributed by atoms with E-state index in [1.54, 1.807) is 6.08 Å². The van der Waals surface area contributed by atoms with Crippen LogP contribution in [0.15, 0.2) is 48.6 Å². The summed E-state index contributed by atoms with van der Waals surface area (Å²) in [5.41, 5.74) is 0. The monoisotopic (exact) mass is 1030 g/mol. The van der Waals surface area contributed by atoms with Crippen LogP contribution in [0.3, 0.4) is 0 Å².